The van der Waals surface area contributed by atoms with Crippen LogP contribution in [0.3, 0.4) is 0 Å². The fourth-order valence-electron chi connectivity index (χ4n) is 7.87. The Morgan fingerprint density at radius 2 is 1.51 bits per heavy atom. The molecule has 6 nitrogen and oxygen atoms in total. The van der Waals surface area contributed by atoms with E-state index in [4.69, 9.17) is 16.6 Å². The summed E-state index contributed by atoms with van der Waals surface area (Å²) in [5.74, 6) is 1.53. The molecule has 3 aliphatic heterocycles. The van der Waals surface area contributed by atoms with Gasteiger partial charge in [0.25, 0.3) is 0 Å². The van der Waals surface area contributed by atoms with Crippen LogP contribution in [0.15, 0.2) is 33.3 Å². The van der Waals surface area contributed by atoms with E-state index in [1.54, 1.807) is 0 Å². The topological polar surface area (TPSA) is 56.8 Å². The van der Waals surface area contributed by atoms with Crippen molar-refractivity contribution in [2.75, 3.05) is 45.8 Å². The van der Waals surface area contributed by atoms with Crippen molar-refractivity contribution in [3.8, 4) is 0 Å². The summed E-state index contributed by atoms with van der Waals surface area (Å²) < 4.78 is 2.08. The second kappa shape index (κ2) is 14.3. The molecule has 3 fully saturated rings. The van der Waals surface area contributed by atoms with Crippen molar-refractivity contribution in [1.82, 2.24) is 19.7 Å². The number of fused-ring (bicyclic) bond motifs is 2. The third kappa shape index (κ3) is 7.50. The summed E-state index contributed by atoms with van der Waals surface area (Å²) in [6.45, 7) is 6.33. The number of carbonyl (C=O) groups excluding carboxylic acids is 2. The largest absolute Gasteiger partial charge is 0.343 e. The number of hydrogen-bond donors (Lipinski definition) is 0. The number of piperidine rings is 3. The Labute approximate surface area is 278 Å². The summed E-state index contributed by atoms with van der Waals surface area (Å²) in [4.78, 5) is 37.8. The van der Waals surface area contributed by atoms with E-state index in [9.17, 15) is 9.59 Å². The molecule has 43 heavy (non-hydrogen) atoms. The van der Waals surface area contributed by atoms with Crippen molar-refractivity contribution in [3.05, 3.63) is 60.7 Å². The number of carbonyl (C=O) groups is 2. The summed E-state index contributed by atoms with van der Waals surface area (Å²) in [6.07, 6.45) is 12.7. The number of pyridine rings is 1. The van der Waals surface area contributed by atoms with Crippen molar-refractivity contribution in [3.63, 3.8) is 0 Å². The van der Waals surface area contributed by atoms with Crippen LogP contribution in [0.5, 0.6) is 0 Å². The minimum absolute atomic E-state index is 0.182. The number of aryl methyl sites for hydroxylation is 2. The predicted octanol–water partition coefficient (Wildman–Crippen LogP) is 7.23. The molecule has 1 aromatic carbocycles. The first-order valence-corrected chi connectivity index (χ1v) is 18.2. The Balaban J connectivity index is 1.03. The van der Waals surface area contributed by atoms with E-state index in [2.05, 4.69) is 53.8 Å². The van der Waals surface area contributed by atoms with Gasteiger partial charge in [0.15, 0.2) is 0 Å². The second-order valence-electron chi connectivity index (χ2n) is 13.0. The van der Waals surface area contributed by atoms with Gasteiger partial charge in [-0.3, -0.25) is 14.6 Å². The van der Waals surface area contributed by atoms with Gasteiger partial charge in [0.05, 0.1) is 5.69 Å². The highest BCUT2D eigenvalue weighted by atomic mass is 79.9. The number of amides is 2. The van der Waals surface area contributed by atoms with E-state index in [0.717, 1.165) is 98.3 Å². The maximum atomic E-state index is 13.4. The molecule has 6 rings (SSSR count). The number of nitrogens with zero attached hydrogens (tertiary/aromatic N) is 4. The fourth-order valence-corrected chi connectivity index (χ4v) is 9.37. The molecule has 1 aromatic heterocycles. The van der Waals surface area contributed by atoms with Crippen LogP contribution in [0.25, 0.3) is 0 Å². The molecule has 0 bridgehead atoms. The number of rotatable bonds is 6. The summed E-state index contributed by atoms with van der Waals surface area (Å²) >= 11 is 14.0. The van der Waals surface area contributed by atoms with Crippen LogP contribution in [0.4, 0.5) is 0 Å². The molecule has 0 N–H and O–H groups in total. The van der Waals surface area contributed by atoms with E-state index in [-0.39, 0.29) is 17.7 Å². The summed E-state index contributed by atoms with van der Waals surface area (Å²) in [5.41, 5.74) is 5.09. The zero-order chi connectivity index (χ0) is 29.9. The van der Waals surface area contributed by atoms with Gasteiger partial charge in [-0.2, -0.15) is 0 Å². The Hall–Kier alpha value is -1.48. The lowest BCUT2D eigenvalue weighted by Crippen LogP contribution is -2.43. The van der Waals surface area contributed by atoms with Crippen LogP contribution in [0.2, 0.25) is 5.02 Å². The predicted molar refractivity (Wildman–Crippen MR) is 178 cm³/mol. The molecule has 2 aromatic rings. The van der Waals surface area contributed by atoms with Gasteiger partial charge in [-0.1, -0.05) is 34.0 Å². The van der Waals surface area contributed by atoms with Gasteiger partial charge < -0.3 is 14.7 Å². The number of hydrogen-bond acceptors (Lipinski definition) is 4. The van der Waals surface area contributed by atoms with Crippen molar-refractivity contribution < 1.29 is 9.59 Å². The van der Waals surface area contributed by atoms with Gasteiger partial charge in [-0.15, -0.1) is 0 Å². The Morgan fingerprint density at radius 1 is 0.837 bits per heavy atom. The van der Waals surface area contributed by atoms with Crippen molar-refractivity contribution >= 4 is 55.3 Å². The molecule has 0 unspecified atom stereocenters. The molecular formula is C34H43Br2ClN4O2. The van der Waals surface area contributed by atoms with Crippen LogP contribution >= 0.6 is 43.5 Å². The van der Waals surface area contributed by atoms with Gasteiger partial charge in [-0.05, 0) is 127 Å². The fraction of sp³-hybridized carbons (Fsp3) is 0.618. The molecule has 232 valence electrons. The van der Waals surface area contributed by atoms with E-state index in [1.165, 1.54) is 41.6 Å². The maximum Gasteiger partial charge on any atom is 0.223 e. The van der Waals surface area contributed by atoms with Crippen molar-refractivity contribution in [1.29, 1.82) is 0 Å². The van der Waals surface area contributed by atoms with Gasteiger partial charge in [-0.25, -0.2) is 0 Å². The Kier molecular flexibility index (Phi) is 10.5. The molecule has 2 amide bonds. The minimum atomic E-state index is 0.182. The summed E-state index contributed by atoms with van der Waals surface area (Å²) in [7, 11) is 0. The Morgan fingerprint density at radius 3 is 2.26 bits per heavy atom. The van der Waals surface area contributed by atoms with Crippen LogP contribution in [-0.4, -0.2) is 77.3 Å². The van der Waals surface area contributed by atoms with Crippen LogP contribution < -0.4 is 0 Å². The van der Waals surface area contributed by atoms with Crippen LogP contribution in [-0.2, 0) is 22.4 Å². The van der Waals surface area contributed by atoms with Gasteiger partial charge in [0, 0.05) is 71.6 Å². The molecule has 0 radical (unpaired) electrons. The van der Waals surface area contributed by atoms with E-state index >= 15 is 0 Å². The lowest BCUT2D eigenvalue weighted by Gasteiger charge is -2.38. The SMILES string of the molecule is O=C(CCN1CCCCC1)N1CCC(CC(=O)N2CCC([C@H]3c4ncc(Br)cc4CCc4cc(Cl)cc(Br)c43)CC2)CC1. The molecule has 4 heterocycles. The molecule has 0 saturated carbocycles. The summed E-state index contributed by atoms with van der Waals surface area (Å²) in [6, 6.07) is 6.37. The quantitative estimate of drug-likeness (QED) is 0.315. The Bertz CT molecular complexity index is 1320. The van der Waals surface area contributed by atoms with E-state index in [0.29, 0.717) is 24.7 Å². The molecule has 1 atom stereocenters. The molecular weight excluding hydrogens is 692 g/mol. The van der Waals surface area contributed by atoms with Gasteiger partial charge >= 0.3 is 0 Å². The first-order chi connectivity index (χ1) is 20.9. The highest BCUT2D eigenvalue weighted by molar-refractivity contribution is 9.10. The smallest absolute Gasteiger partial charge is 0.223 e. The van der Waals surface area contributed by atoms with Crippen molar-refractivity contribution in [2.24, 2.45) is 11.8 Å². The lowest BCUT2D eigenvalue weighted by molar-refractivity contribution is -0.135. The number of benzene rings is 1. The first kappa shape index (κ1) is 31.5. The third-order valence-electron chi connectivity index (χ3n) is 10.3. The molecule has 4 aliphatic rings. The highest BCUT2D eigenvalue weighted by Gasteiger charge is 2.37. The highest BCUT2D eigenvalue weighted by Crippen LogP contribution is 2.46. The van der Waals surface area contributed by atoms with Gasteiger partial charge in [0.2, 0.25) is 11.8 Å². The van der Waals surface area contributed by atoms with E-state index < -0.39 is 0 Å². The minimum Gasteiger partial charge on any atom is -0.343 e. The molecule has 3 saturated heterocycles. The van der Waals surface area contributed by atoms with Crippen molar-refractivity contribution in [2.45, 2.75) is 76.5 Å². The number of aromatic nitrogens is 1. The van der Waals surface area contributed by atoms with Crippen LogP contribution in [0, 0.1) is 11.8 Å². The average molecular weight is 735 g/mol. The maximum absolute atomic E-state index is 13.4. The van der Waals surface area contributed by atoms with Gasteiger partial charge in [0.1, 0.15) is 0 Å². The zero-order valence-electron chi connectivity index (χ0n) is 25.0. The standard InChI is InChI=1S/C34H43Br2ClN4O2/c35-27-19-26-5-4-25-20-28(37)21-29(36)32(25)33(34(26)38-22-27)24-8-16-41(17-9-24)31(43)18-23-6-14-40(15-7-23)30(42)10-13-39-11-2-1-3-12-39/h19-24,33H,1-18H2/t33-/m1/s1. The molecule has 1 aliphatic carbocycles. The zero-order valence-corrected chi connectivity index (χ0v) is 28.9. The molecule has 0 spiro atoms. The first-order valence-electron chi connectivity index (χ1n) is 16.3. The second-order valence-corrected chi connectivity index (χ2v) is 15.2. The average Bonchev–Trinajstić information content (AvgIpc) is 3.17. The normalized spacial score (nSPS) is 22.2. The summed E-state index contributed by atoms with van der Waals surface area (Å²) in [5, 5.41) is 0.762. The lowest BCUT2D eigenvalue weighted by atomic mass is 9.76. The monoisotopic (exact) mass is 732 g/mol. The number of likely N-dealkylation sites (tertiary alicyclic amines) is 3. The third-order valence-corrected chi connectivity index (χ3v) is 11.6. The van der Waals surface area contributed by atoms with Crippen LogP contribution in [0.1, 0.15) is 86.1 Å². The number of halogens is 3. The van der Waals surface area contributed by atoms with E-state index in [1.807, 2.05) is 17.2 Å². The molecule has 9 heteroatoms.